The average Bonchev–Trinajstić information content (AvgIpc) is 2.67. The summed E-state index contributed by atoms with van der Waals surface area (Å²) in [5.74, 6) is -0.634. The minimum absolute atomic E-state index is 0.0280. The first-order valence-electron chi connectivity index (χ1n) is 8.95. The van der Waals surface area contributed by atoms with Crippen LogP contribution in [0.2, 0.25) is 5.02 Å². The number of nitrogens with one attached hydrogen (secondary N) is 3. The molecule has 0 radical (unpaired) electrons. The summed E-state index contributed by atoms with van der Waals surface area (Å²) < 4.78 is 27.4. The molecule has 9 nitrogen and oxygen atoms in total. The van der Waals surface area contributed by atoms with Crippen molar-refractivity contribution in [2.24, 2.45) is 0 Å². The number of nitrogens with zero attached hydrogens (tertiary/aromatic N) is 2. The number of amides is 3. The molecule has 11 heteroatoms. The van der Waals surface area contributed by atoms with E-state index in [9.17, 15) is 18.0 Å². The number of carbonyl (C=O) groups excluding carboxylic acids is 2. The second kappa shape index (κ2) is 9.11. The largest absolute Gasteiger partial charge is 0.326 e. The Morgan fingerprint density at radius 2 is 1.48 bits per heavy atom. The molecule has 3 rings (SSSR count). The Labute approximate surface area is 183 Å². The minimum Gasteiger partial charge on any atom is -0.308 e. The molecule has 0 aliphatic rings. The molecule has 1 aromatic heterocycles. The first kappa shape index (κ1) is 22.2. The average molecular weight is 460 g/mol. The second-order valence-corrected chi connectivity index (χ2v) is 8.64. The lowest BCUT2D eigenvalue weighted by Gasteiger charge is -2.10. The number of hydrogen-bond donors (Lipinski definition) is 3. The summed E-state index contributed by atoms with van der Waals surface area (Å²) in [4.78, 5) is 32.1. The van der Waals surface area contributed by atoms with Gasteiger partial charge >= 0.3 is 6.03 Å². The number of rotatable bonds is 5. The highest BCUT2D eigenvalue weighted by atomic mass is 35.5. The van der Waals surface area contributed by atoms with E-state index >= 15 is 0 Å². The number of halogens is 1. The standard InChI is InChI=1S/C20H18ClN5O4S/c1-12-11-13(2)23-19(22-12)26-31(29,30)17-9-7-16(8-10-17)24-20(28)25-18(27)14-3-5-15(21)6-4-14/h3-11H,1-2H3,(H,22,23,26)(H2,24,25,27,28). The van der Waals surface area contributed by atoms with Gasteiger partial charge in [-0.25, -0.2) is 27.9 Å². The Morgan fingerprint density at radius 1 is 0.903 bits per heavy atom. The highest BCUT2D eigenvalue weighted by Crippen LogP contribution is 2.17. The van der Waals surface area contributed by atoms with Crippen LogP contribution >= 0.6 is 11.6 Å². The third kappa shape index (κ3) is 6.00. The molecule has 0 unspecified atom stereocenters. The minimum atomic E-state index is -3.92. The van der Waals surface area contributed by atoms with Crippen LogP contribution in [0.25, 0.3) is 0 Å². The van der Waals surface area contributed by atoms with Gasteiger partial charge in [-0.05, 0) is 68.4 Å². The van der Waals surface area contributed by atoms with Crippen LogP contribution in [0, 0.1) is 13.8 Å². The van der Waals surface area contributed by atoms with Crippen molar-refractivity contribution in [3.05, 3.63) is 76.6 Å². The molecule has 0 atom stereocenters. The SMILES string of the molecule is Cc1cc(C)nc(NS(=O)(=O)c2ccc(NC(=O)NC(=O)c3ccc(Cl)cc3)cc2)n1. The third-order valence-electron chi connectivity index (χ3n) is 3.96. The van der Waals surface area contributed by atoms with Crippen molar-refractivity contribution in [3.8, 4) is 0 Å². The maximum absolute atomic E-state index is 12.5. The Kier molecular flexibility index (Phi) is 6.52. The molecule has 0 bridgehead atoms. The van der Waals surface area contributed by atoms with Crippen molar-refractivity contribution >= 4 is 45.2 Å². The van der Waals surface area contributed by atoms with Gasteiger partial charge in [0.25, 0.3) is 15.9 Å². The second-order valence-electron chi connectivity index (χ2n) is 6.52. The zero-order valence-electron chi connectivity index (χ0n) is 16.5. The van der Waals surface area contributed by atoms with Crippen LogP contribution in [-0.2, 0) is 10.0 Å². The van der Waals surface area contributed by atoms with Gasteiger partial charge in [-0.3, -0.25) is 10.1 Å². The van der Waals surface area contributed by atoms with Crippen LogP contribution in [0.15, 0.2) is 59.5 Å². The maximum Gasteiger partial charge on any atom is 0.326 e. The van der Waals surface area contributed by atoms with Gasteiger partial charge in [-0.2, -0.15) is 0 Å². The van der Waals surface area contributed by atoms with Crippen LogP contribution < -0.4 is 15.4 Å². The van der Waals surface area contributed by atoms with Crippen molar-refractivity contribution in [2.75, 3.05) is 10.0 Å². The van der Waals surface area contributed by atoms with Crippen molar-refractivity contribution in [2.45, 2.75) is 18.7 Å². The molecule has 0 aliphatic carbocycles. The van der Waals surface area contributed by atoms with Gasteiger partial charge in [0.1, 0.15) is 0 Å². The van der Waals surface area contributed by atoms with Crippen molar-refractivity contribution in [1.29, 1.82) is 0 Å². The van der Waals surface area contributed by atoms with E-state index in [1.807, 2.05) is 0 Å². The Bertz CT molecular complexity index is 1210. The van der Waals surface area contributed by atoms with Gasteiger partial charge in [0.05, 0.1) is 4.90 Å². The molecule has 0 saturated carbocycles. The number of anilines is 2. The van der Waals surface area contributed by atoms with Gasteiger partial charge in [0.2, 0.25) is 5.95 Å². The maximum atomic E-state index is 12.5. The van der Waals surface area contributed by atoms with Crippen molar-refractivity contribution in [3.63, 3.8) is 0 Å². The fourth-order valence-electron chi connectivity index (χ4n) is 2.61. The molecule has 3 aromatic rings. The number of sulfonamides is 1. The number of hydrogen-bond acceptors (Lipinski definition) is 6. The molecular formula is C20H18ClN5O4S. The zero-order chi connectivity index (χ0) is 22.6. The summed E-state index contributed by atoms with van der Waals surface area (Å²) >= 11 is 5.77. The summed E-state index contributed by atoms with van der Waals surface area (Å²) in [5, 5.41) is 5.10. The number of urea groups is 1. The molecule has 0 fully saturated rings. The highest BCUT2D eigenvalue weighted by molar-refractivity contribution is 7.92. The van der Waals surface area contributed by atoms with Gasteiger partial charge in [0, 0.05) is 27.7 Å². The number of carbonyl (C=O) groups is 2. The summed E-state index contributed by atoms with van der Waals surface area (Å²) in [6.07, 6.45) is 0. The van der Waals surface area contributed by atoms with Crippen molar-refractivity contribution < 1.29 is 18.0 Å². The zero-order valence-corrected chi connectivity index (χ0v) is 18.1. The van der Waals surface area contributed by atoms with E-state index in [1.54, 1.807) is 19.9 Å². The van der Waals surface area contributed by atoms with Crippen LogP contribution in [0.4, 0.5) is 16.4 Å². The Balaban J connectivity index is 1.64. The molecule has 3 N–H and O–H groups in total. The van der Waals surface area contributed by atoms with Crippen LogP contribution in [0.5, 0.6) is 0 Å². The molecule has 0 spiro atoms. The van der Waals surface area contributed by atoms with Crippen molar-refractivity contribution in [1.82, 2.24) is 15.3 Å². The van der Waals surface area contributed by atoms with Gasteiger partial charge in [0.15, 0.2) is 0 Å². The first-order chi connectivity index (χ1) is 14.6. The molecule has 1 heterocycles. The number of imide groups is 1. The van der Waals surface area contributed by atoms with E-state index in [-0.39, 0.29) is 16.4 Å². The molecular weight excluding hydrogens is 442 g/mol. The van der Waals surface area contributed by atoms with Gasteiger partial charge in [-0.1, -0.05) is 11.6 Å². The quantitative estimate of drug-likeness (QED) is 0.535. The van der Waals surface area contributed by atoms with E-state index in [2.05, 4.69) is 25.3 Å². The van der Waals surface area contributed by atoms with Gasteiger partial charge < -0.3 is 5.32 Å². The lowest BCUT2D eigenvalue weighted by Crippen LogP contribution is -2.34. The molecule has 2 aromatic carbocycles. The molecule has 31 heavy (non-hydrogen) atoms. The summed E-state index contributed by atoms with van der Waals surface area (Å²) in [6, 6.07) is 12.4. The molecule has 0 aliphatic heterocycles. The van der Waals surface area contributed by atoms with E-state index in [1.165, 1.54) is 48.5 Å². The molecule has 3 amide bonds. The third-order valence-corrected chi connectivity index (χ3v) is 5.56. The van der Waals surface area contributed by atoms with Gasteiger partial charge in [-0.15, -0.1) is 0 Å². The predicted molar refractivity (Wildman–Crippen MR) is 117 cm³/mol. The smallest absolute Gasteiger partial charge is 0.308 e. The van der Waals surface area contributed by atoms with Crippen LogP contribution in [-0.4, -0.2) is 30.3 Å². The van der Waals surface area contributed by atoms with Crippen LogP contribution in [0.3, 0.4) is 0 Å². The van der Waals surface area contributed by atoms with E-state index in [0.717, 1.165) is 0 Å². The summed E-state index contributed by atoms with van der Waals surface area (Å²) in [6.45, 7) is 3.46. The fraction of sp³-hybridized carbons (Fsp3) is 0.100. The Hall–Kier alpha value is -3.50. The number of benzene rings is 2. The number of aryl methyl sites for hydroxylation is 2. The Morgan fingerprint density at radius 3 is 2.06 bits per heavy atom. The molecule has 0 saturated heterocycles. The van der Waals surface area contributed by atoms with E-state index in [0.29, 0.717) is 22.1 Å². The summed E-state index contributed by atoms with van der Waals surface area (Å²) in [7, 11) is -3.92. The fourth-order valence-corrected chi connectivity index (χ4v) is 3.68. The lowest BCUT2D eigenvalue weighted by atomic mass is 10.2. The van der Waals surface area contributed by atoms with Crippen LogP contribution in [0.1, 0.15) is 21.7 Å². The normalized spacial score (nSPS) is 10.9. The van der Waals surface area contributed by atoms with E-state index in [4.69, 9.17) is 11.6 Å². The lowest BCUT2D eigenvalue weighted by molar-refractivity contribution is 0.0967. The first-order valence-corrected chi connectivity index (χ1v) is 10.8. The molecule has 160 valence electrons. The van der Waals surface area contributed by atoms with E-state index < -0.39 is 22.0 Å². The highest BCUT2D eigenvalue weighted by Gasteiger charge is 2.17. The summed E-state index contributed by atoms with van der Waals surface area (Å²) in [5.41, 5.74) is 1.82. The number of aromatic nitrogens is 2. The predicted octanol–water partition coefficient (Wildman–Crippen LogP) is 3.51. The monoisotopic (exact) mass is 459 g/mol. The topological polar surface area (TPSA) is 130 Å².